The Hall–Kier alpha value is -1.79. The molecule has 8 heteroatoms. The number of carboxylic acids is 1. The second kappa shape index (κ2) is 9.49. The molecular weight excluding hydrogens is 355 g/mol. The summed E-state index contributed by atoms with van der Waals surface area (Å²) in [6.45, 7) is 3.43. The van der Waals surface area contributed by atoms with E-state index in [1.807, 2.05) is 13.8 Å². The monoisotopic (exact) mass is 374 g/mol. The Morgan fingerprint density at radius 3 is 2.33 bits per heavy atom. The minimum absolute atomic E-state index is 0.0402. The van der Waals surface area contributed by atoms with E-state index in [1.165, 1.54) is 0 Å². The summed E-state index contributed by atoms with van der Waals surface area (Å²) in [4.78, 5) is 34.7. The van der Waals surface area contributed by atoms with Gasteiger partial charge in [-0.3, -0.25) is 9.59 Å². The smallest absolute Gasteiger partial charge is 0.326 e. The summed E-state index contributed by atoms with van der Waals surface area (Å²) in [5.41, 5.74) is 0.658. The molecule has 0 spiro atoms. The van der Waals surface area contributed by atoms with E-state index < -0.39 is 17.9 Å². The van der Waals surface area contributed by atoms with Crippen molar-refractivity contribution in [2.75, 3.05) is 6.54 Å². The van der Waals surface area contributed by atoms with Crippen molar-refractivity contribution in [2.24, 2.45) is 5.92 Å². The third kappa shape index (κ3) is 7.19. The minimum Gasteiger partial charge on any atom is -0.480 e. The molecule has 0 saturated carbocycles. The standard InChI is InChI=1S/C16H20Cl2N2O4/c1-9(2)5-13(16(23)24)20-15(22)8-19-14(21)7-10-3-4-11(17)12(18)6-10/h3-4,6,9,13H,5,7-8H2,1-2H3,(H,19,21)(H,20,22)(H,23,24)/t13-/m0/s1. The van der Waals surface area contributed by atoms with Crippen LogP contribution in [0.15, 0.2) is 18.2 Å². The van der Waals surface area contributed by atoms with Gasteiger partial charge in [0.05, 0.1) is 23.0 Å². The fraction of sp³-hybridized carbons (Fsp3) is 0.438. The number of nitrogens with one attached hydrogen (secondary N) is 2. The van der Waals surface area contributed by atoms with Gasteiger partial charge in [0.25, 0.3) is 0 Å². The predicted octanol–water partition coefficient (Wildman–Crippen LogP) is 2.27. The first-order valence-electron chi connectivity index (χ1n) is 7.41. The highest BCUT2D eigenvalue weighted by atomic mass is 35.5. The molecule has 1 rings (SSSR count). The minimum atomic E-state index is -1.10. The van der Waals surface area contributed by atoms with Crippen LogP contribution in [-0.2, 0) is 20.8 Å². The molecule has 0 aliphatic carbocycles. The Balaban J connectivity index is 2.46. The van der Waals surface area contributed by atoms with E-state index in [0.29, 0.717) is 22.0 Å². The molecular formula is C16H20Cl2N2O4. The highest BCUT2D eigenvalue weighted by Crippen LogP contribution is 2.22. The van der Waals surface area contributed by atoms with Gasteiger partial charge >= 0.3 is 5.97 Å². The number of carbonyl (C=O) groups is 3. The third-order valence-electron chi connectivity index (χ3n) is 3.14. The zero-order chi connectivity index (χ0) is 18.3. The fourth-order valence-corrected chi connectivity index (χ4v) is 2.34. The quantitative estimate of drug-likeness (QED) is 0.650. The fourth-order valence-electron chi connectivity index (χ4n) is 2.01. The van der Waals surface area contributed by atoms with Gasteiger partial charge in [-0.2, -0.15) is 0 Å². The zero-order valence-corrected chi connectivity index (χ0v) is 14.9. The normalized spacial score (nSPS) is 11.9. The average molecular weight is 375 g/mol. The first-order valence-corrected chi connectivity index (χ1v) is 8.17. The van der Waals surface area contributed by atoms with Gasteiger partial charge in [0.15, 0.2) is 0 Å². The molecule has 3 N–H and O–H groups in total. The van der Waals surface area contributed by atoms with Gasteiger partial charge in [-0.1, -0.05) is 43.1 Å². The second-order valence-electron chi connectivity index (χ2n) is 5.79. The van der Waals surface area contributed by atoms with Crippen LogP contribution >= 0.6 is 23.2 Å². The van der Waals surface area contributed by atoms with Gasteiger partial charge in [-0.25, -0.2) is 4.79 Å². The summed E-state index contributed by atoms with van der Waals surface area (Å²) in [5.74, 6) is -1.90. The van der Waals surface area contributed by atoms with E-state index in [-0.39, 0.29) is 24.8 Å². The van der Waals surface area contributed by atoms with Crippen molar-refractivity contribution < 1.29 is 19.5 Å². The SMILES string of the molecule is CC(C)C[C@H](NC(=O)CNC(=O)Cc1ccc(Cl)c(Cl)c1)C(=O)O. The highest BCUT2D eigenvalue weighted by Gasteiger charge is 2.21. The van der Waals surface area contributed by atoms with Gasteiger partial charge < -0.3 is 15.7 Å². The number of carboxylic acid groups (broad SMARTS) is 1. The molecule has 6 nitrogen and oxygen atoms in total. The van der Waals surface area contributed by atoms with Crippen LogP contribution in [0.25, 0.3) is 0 Å². The van der Waals surface area contributed by atoms with Gasteiger partial charge in [-0.05, 0) is 30.0 Å². The number of amides is 2. The maximum Gasteiger partial charge on any atom is 0.326 e. The predicted molar refractivity (Wildman–Crippen MR) is 92.2 cm³/mol. The maximum absolute atomic E-state index is 11.8. The van der Waals surface area contributed by atoms with E-state index in [4.69, 9.17) is 28.3 Å². The molecule has 0 aliphatic heterocycles. The van der Waals surface area contributed by atoms with E-state index in [0.717, 1.165) is 0 Å². The van der Waals surface area contributed by atoms with Crippen molar-refractivity contribution in [3.63, 3.8) is 0 Å². The van der Waals surface area contributed by atoms with Crippen LogP contribution in [-0.4, -0.2) is 35.5 Å². The molecule has 0 radical (unpaired) electrons. The van der Waals surface area contributed by atoms with Crippen LogP contribution in [0, 0.1) is 5.92 Å². The number of halogens is 2. The van der Waals surface area contributed by atoms with Gasteiger partial charge in [0, 0.05) is 0 Å². The van der Waals surface area contributed by atoms with Gasteiger partial charge in [0.2, 0.25) is 11.8 Å². The molecule has 0 aromatic heterocycles. The summed E-state index contributed by atoms with van der Waals surface area (Å²) < 4.78 is 0. The molecule has 24 heavy (non-hydrogen) atoms. The number of rotatable bonds is 8. The number of benzene rings is 1. The number of hydrogen-bond acceptors (Lipinski definition) is 3. The molecule has 0 unspecified atom stereocenters. The van der Waals surface area contributed by atoms with Crippen molar-refractivity contribution in [2.45, 2.75) is 32.7 Å². The van der Waals surface area contributed by atoms with Gasteiger partial charge in [0.1, 0.15) is 6.04 Å². The largest absolute Gasteiger partial charge is 0.480 e. The summed E-state index contributed by atoms with van der Waals surface area (Å²) in [6.07, 6.45) is 0.358. The summed E-state index contributed by atoms with van der Waals surface area (Å²) in [6, 6.07) is 3.86. The average Bonchev–Trinajstić information content (AvgIpc) is 2.48. The van der Waals surface area contributed by atoms with E-state index >= 15 is 0 Å². The van der Waals surface area contributed by atoms with Crippen LogP contribution in [0.5, 0.6) is 0 Å². The van der Waals surface area contributed by atoms with Crippen molar-refractivity contribution >= 4 is 41.0 Å². The molecule has 1 aromatic rings. The molecule has 0 aliphatic rings. The molecule has 132 valence electrons. The van der Waals surface area contributed by atoms with Crippen LogP contribution in [0.3, 0.4) is 0 Å². The van der Waals surface area contributed by atoms with E-state index in [2.05, 4.69) is 10.6 Å². The van der Waals surface area contributed by atoms with Crippen LogP contribution in [0.1, 0.15) is 25.8 Å². The lowest BCUT2D eigenvalue weighted by Crippen LogP contribution is -2.46. The van der Waals surface area contributed by atoms with Gasteiger partial charge in [-0.15, -0.1) is 0 Å². The Morgan fingerprint density at radius 2 is 1.79 bits per heavy atom. The summed E-state index contributed by atoms with van der Waals surface area (Å²) in [5, 5.41) is 14.6. The van der Waals surface area contributed by atoms with Crippen LogP contribution in [0.4, 0.5) is 0 Å². The summed E-state index contributed by atoms with van der Waals surface area (Å²) in [7, 11) is 0. The topological polar surface area (TPSA) is 95.5 Å². The Kier molecular flexibility index (Phi) is 8.01. The molecule has 0 saturated heterocycles. The van der Waals surface area contributed by atoms with E-state index in [9.17, 15) is 14.4 Å². The lowest BCUT2D eigenvalue weighted by atomic mass is 10.0. The second-order valence-corrected chi connectivity index (χ2v) is 6.60. The molecule has 1 atom stereocenters. The lowest BCUT2D eigenvalue weighted by molar-refractivity contribution is -0.142. The lowest BCUT2D eigenvalue weighted by Gasteiger charge is -2.16. The highest BCUT2D eigenvalue weighted by molar-refractivity contribution is 6.42. The first-order chi connectivity index (χ1) is 11.2. The number of hydrogen-bond donors (Lipinski definition) is 3. The van der Waals surface area contributed by atoms with Crippen molar-refractivity contribution in [1.82, 2.24) is 10.6 Å². The van der Waals surface area contributed by atoms with E-state index in [1.54, 1.807) is 18.2 Å². The van der Waals surface area contributed by atoms with Crippen molar-refractivity contribution in [1.29, 1.82) is 0 Å². The Morgan fingerprint density at radius 1 is 1.12 bits per heavy atom. The zero-order valence-electron chi connectivity index (χ0n) is 13.4. The van der Waals surface area contributed by atoms with Crippen molar-refractivity contribution in [3.8, 4) is 0 Å². The maximum atomic E-state index is 11.8. The summed E-state index contributed by atoms with van der Waals surface area (Å²) >= 11 is 11.7. The molecule has 0 fully saturated rings. The molecule has 2 amide bonds. The Bertz CT molecular complexity index is 620. The van der Waals surface area contributed by atoms with Crippen LogP contribution < -0.4 is 10.6 Å². The number of aliphatic carboxylic acids is 1. The van der Waals surface area contributed by atoms with Crippen molar-refractivity contribution in [3.05, 3.63) is 33.8 Å². The molecule has 0 heterocycles. The molecule has 0 bridgehead atoms. The number of carbonyl (C=O) groups excluding carboxylic acids is 2. The molecule has 1 aromatic carbocycles. The third-order valence-corrected chi connectivity index (χ3v) is 3.87. The van der Waals surface area contributed by atoms with Crippen LogP contribution in [0.2, 0.25) is 10.0 Å². The first kappa shape index (κ1) is 20.3. The Labute approximate surface area is 150 Å².